The molecule has 4 nitrogen and oxygen atoms in total. The monoisotopic (exact) mass is 261 g/mol. The number of hydrogen-bond acceptors (Lipinski definition) is 4. The van der Waals surface area contributed by atoms with Crippen LogP contribution in [0.15, 0.2) is 24.7 Å². The summed E-state index contributed by atoms with van der Waals surface area (Å²) in [4.78, 5) is 20.0. The van der Waals surface area contributed by atoms with E-state index in [2.05, 4.69) is 13.2 Å². The Bertz CT molecular complexity index is 196. The van der Waals surface area contributed by atoms with Gasteiger partial charge >= 0.3 is 17.1 Å². The number of rotatable bonds is 4. The van der Waals surface area contributed by atoms with E-state index in [-0.39, 0.29) is 53.0 Å². The van der Waals surface area contributed by atoms with E-state index in [4.69, 9.17) is 0 Å². The van der Waals surface area contributed by atoms with Crippen LogP contribution in [-0.4, -0.2) is 11.6 Å². The van der Waals surface area contributed by atoms with E-state index in [1.165, 1.54) is 13.8 Å². The average Bonchev–Trinajstić information content (AvgIpc) is 1.79. The second kappa shape index (κ2) is 11.0. The molecule has 0 spiro atoms. The molecule has 0 heterocycles. The molecule has 0 aliphatic heterocycles. The van der Waals surface area contributed by atoms with E-state index in [0.717, 1.165) is 0 Å². The summed E-state index contributed by atoms with van der Waals surface area (Å²) in [5, 5.41) is 19.8. The molecule has 0 unspecified atom stereocenters. The van der Waals surface area contributed by atoms with Gasteiger partial charge in [0, 0.05) is 12.8 Å². The molecular weight excluding hydrogens is 248 g/mol. The first kappa shape index (κ1) is 19.5. The summed E-state index contributed by atoms with van der Waals surface area (Å²) in [6, 6.07) is 0. The molecule has 0 bridgehead atoms. The molecule has 89 valence electrons. The molecule has 0 aromatic rings. The topological polar surface area (TPSA) is 80.3 Å². The summed E-state index contributed by atoms with van der Waals surface area (Å²) in [7, 11) is 0. The molecule has 1 radical (unpaired) electrons. The van der Waals surface area contributed by atoms with Crippen LogP contribution in [0.5, 0.6) is 0 Å². The van der Waals surface area contributed by atoms with Crippen molar-refractivity contribution in [1.82, 2.24) is 0 Å². The maximum absolute atomic E-state index is 9.99. The first-order chi connectivity index (χ1) is 6.25. The van der Waals surface area contributed by atoms with Gasteiger partial charge in [-0.15, -0.1) is 24.7 Å². The Balaban J connectivity index is -0.000000180. The van der Waals surface area contributed by atoms with E-state index in [9.17, 15) is 19.8 Å². The zero-order valence-corrected chi connectivity index (χ0v) is 9.70. The minimum Gasteiger partial charge on any atom is -0.876 e. The SMILES string of the molecule is C=C([O-])CC(C)=O.C=C([O-])CC(C)=O.[Cu+2]. The molecule has 0 aromatic carbocycles. The molecule has 0 aliphatic carbocycles. The Hall–Kier alpha value is -1.06. The number of hydrogen-bond donors (Lipinski definition) is 0. The van der Waals surface area contributed by atoms with Gasteiger partial charge in [0.2, 0.25) is 0 Å². The molecule has 0 rings (SSSR count). The third-order valence-corrected chi connectivity index (χ3v) is 0.892. The van der Waals surface area contributed by atoms with Gasteiger partial charge in [0.25, 0.3) is 0 Å². The normalized spacial score (nSPS) is 7.60. The molecule has 0 aromatic heterocycles. The molecule has 0 amide bonds. The minimum atomic E-state index is -0.312. The van der Waals surface area contributed by atoms with Crippen LogP contribution >= 0.6 is 0 Å². The van der Waals surface area contributed by atoms with Gasteiger partial charge in [-0.3, -0.25) is 9.59 Å². The Labute approximate surface area is 100 Å². The van der Waals surface area contributed by atoms with Crippen molar-refractivity contribution in [1.29, 1.82) is 0 Å². The zero-order valence-electron chi connectivity index (χ0n) is 8.76. The Morgan fingerprint density at radius 3 is 1.13 bits per heavy atom. The standard InChI is InChI=1S/2C5H8O2.Cu/c2*1-4(6)3-5(2)7;/h2*6H,1,3H2,2H3;/q;;+2/p-2. The molecule has 5 heteroatoms. The Kier molecular flexibility index (Phi) is 14.3. The number of allylic oxidation sites excluding steroid dienone is 2. The van der Waals surface area contributed by atoms with Gasteiger partial charge in [-0.2, -0.15) is 0 Å². The van der Waals surface area contributed by atoms with Crippen LogP contribution in [0.1, 0.15) is 26.7 Å². The molecule has 0 aliphatic rings. The van der Waals surface area contributed by atoms with Crippen molar-refractivity contribution in [3.63, 3.8) is 0 Å². The van der Waals surface area contributed by atoms with Crippen molar-refractivity contribution in [3.8, 4) is 0 Å². The van der Waals surface area contributed by atoms with Crippen molar-refractivity contribution in [3.05, 3.63) is 24.7 Å². The summed E-state index contributed by atoms with van der Waals surface area (Å²) in [6.07, 6.45) is -0.0556. The van der Waals surface area contributed by atoms with Crippen molar-refractivity contribution < 1.29 is 36.9 Å². The van der Waals surface area contributed by atoms with Gasteiger partial charge in [0.05, 0.1) is 0 Å². The summed E-state index contributed by atoms with van der Waals surface area (Å²) in [6.45, 7) is 8.77. The first-order valence-electron chi connectivity index (χ1n) is 3.94. The van der Waals surface area contributed by atoms with Crippen LogP contribution in [0, 0.1) is 0 Å². The molecule has 0 atom stereocenters. The fraction of sp³-hybridized carbons (Fsp3) is 0.400. The third-order valence-electron chi connectivity index (χ3n) is 0.892. The van der Waals surface area contributed by atoms with Crippen LogP contribution in [-0.2, 0) is 26.7 Å². The van der Waals surface area contributed by atoms with Crippen LogP contribution in [0.25, 0.3) is 0 Å². The van der Waals surface area contributed by atoms with E-state index in [0.29, 0.717) is 0 Å². The number of carbonyl (C=O) groups excluding carboxylic acids is 2. The summed E-state index contributed by atoms with van der Waals surface area (Å²) >= 11 is 0. The molecule has 0 fully saturated rings. The van der Waals surface area contributed by atoms with Gasteiger partial charge in [-0.25, -0.2) is 0 Å². The van der Waals surface area contributed by atoms with Gasteiger partial charge in [0.1, 0.15) is 11.6 Å². The van der Waals surface area contributed by atoms with Crippen LogP contribution < -0.4 is 10.2 Å². The van der Waals surface area contributed by atoms with E-state index >= 15 is 0 Å². The van der Waals surface area contributed by atoms with Crippen LogP contribution in [0.4, 0.5) is 0 Å². The third kappa shape index (κ3) is 32.2. The molecular formula is C10H14CuO4. The predicted molar refractivity (Wildman–Crippen MR) is 48.9 cm³/mol. The van der Waals surface area contributed by atoms with Crippen LogP contribution in [0.2, 0.25) is 0 Å². The Morgan fingerprint density at radius 1 is 0.933 bits per heavy atom. The van der Waals surface area contributed by atoms with Crippen molar-refractivity contribution in [2.45, 2.75) is 26.7 Å². The fourth-order valence-corrected chi connectivity index (χ4v) is 0.555. The zero-order chi connectivity index (χ0) is 11.7. The largest absolute Gasteiger partial charge is 2.00 e. The fourth-order valence-electron chi connectivity index (χ4n) is 0.555. The van der Waals surface area contributed by atoms with Crippen LogP contribution in [0.3, 0.4) is 0 Å². The molecule has 0 saturated heterocycles. The van der Waals surface area contributed by atoms with E-state index in [1.54, 1.807) is 0 Å². The number of ketones is 2. The van der Waals surface area contributed by atoms with Crippen molar-refractivity contribution >= 4 is 11.6 Å². The summed E-state index contributed by atoms with van der Waals surface area (Å²) in [5.74, 6) is -0.875. The summed E-state index contributed by atoms with van der Waals surface area (Å²) in [5.41, 5.74) is 0. The van der Waals surface area contributed by atoms with Crippen molar-refractivity contribution in [2.75, 3.05) is 0 Å². The molecule has 0 N–H and O–H groups in total. The Morgan fingerprint density at radius 2 is 1.13 bits per heavy atom. The number of carbonyl (C=O) groups is 2. The van der Waals surface area contributed by atoms with E-state index < -0.39 is 0 Å². The minimum absolute atomic E-state index is 0. The average molecular weight is 262 g/mol. The predicted octanol–water partition coefficient (Wildman–Crippen LogP) is -0.323. The maximum atomic E-state index is 9.99. The molecule has 0 saturated carbocycles. The van der Waals surface area contributed by atoms with Gasteiger partial charge < -0.3 is 10.2 Å². The summed E-state index contributed by atoms with van der Waals surface area (Å²) < 4.78 is 0. The van der Waals surface area contributed by atoms with E-state index in [1.807, 2.05) is 0 Å². The number of Topliss-reactive ketones (excluding diaryl/α,β-unsaturated/α-hetero) is 2. The van der Waals surface area contributed by atoms with Gasteiger partial charge in [0.15, 0.2) is 0 Å². The molecule has 15 heavy (non-hydrogen) atoms. The quantitative estimate of drug-likeness (QED) is 0.513. The first-order valence-corrected chi connectivity index (χ1v) is 3.94. The maximum Gasteiger partial charge on any atom is 2.00 e. The van der Waals surface area contributed by atoms with Crippen molar-refractivity contribution in [2.24, 2.45) is 0 Å². The second-order valence-electron chi connectivity index (χ2n) is 2.83. The van der Waals surface area contributed by atoms with Gasteiger partial charge in [-0.1, -0.05) is 0 Å². The second-order valence-corrected chi connectivity index (χ2v) is 2.83. The smallest absolute Gasteiger partial charge is 0.876 e. The van der Waals surface area contributed by atoms with Gasteiger partial charge in [-0.05, 0) is 13.8 Å².